The zero-order valence-corrected chi connectivity index (χ0v) is 11.4. The van der Waals surface area contributed by atoms with Crippen LogP contribution in [0.25, 0.3) is 0 Å². The molecule has 0 amide bonds. The molecule has 0 aromatic heterocycles. The Bertz CT molecular complexity index is 184. The quantitative estimate of drug-likeness (QED) is 0.317. The number of hydrogen-bond donors (Lipinski definition) is 0. The summed E-state index contributed by atoms with van der Waals surface area (Å²) in [5.41, 5.74) is 4.16. The zero-order valence-electron chi connectivity index (χ0n) is 10.4. The van der Waals surface area contributed by atoms with Gasteiger partial charge in [0, 0.05) is 0 Å². The summed E-state index contributed by atoms with van der Waals surface area (Å²) in [6, 6.07) is 0. The van der Waals surface area contributed by atoms with Crippen molar-refractivity contribution in [2.45, 2.75) is 58.7 Å². The molecule has 0 unspecified atom stereocenters. The molecule has 1 heteroatoms. The monoisotopic (exact) mass is 210 g/mol. The van der Waals surface area contributed by atoms with Gasteiger partial charge in [0.25, 0.3) is 0 Å². The van der Waals surface area contributed by atoms with Crippen molar-refractivity contribution in [3.63, 3.8) is 0 Å². The van der Waals surface area contributed by atoms with Crippen LogP contribution in [0.15, 0.2) is 23.9 Å². The van der Waals surface area contributed by atoms with Crippen LogP contribution in [-0.4, -0.2) is 8.07 Å². The third-order valence-corrected chi connectivity index (χ3v) is 3.42. The maximum absolute atomic E-state index is 3.83. The van der Waals surface area contributed by atoms with Gasteiger partial charge in [0.1, 0.15) is 0 Å². The highest BCUT2D eigenvalue weighted by atomic mass is 28.3. The second-order valence-electron chi connectivity index (χ2n) is 5.12. The molecule has 0 aromatic rings. The van der Waals surface area contributed by atoms with E-state index in [0.717, 1.165) is 6.42 Å². The van der Waals surface area contributed by atoms with E-state index in [1.54, 1.807) is 5.57 Å². The molecule has 0 saturated carbocycles. The van der Waals surface area contributed by atoms with Gasteiger partial charge in [-0.05, 0) is 19.3 Å². The van der Waals surface area contributed by atoms with Gasteiger partial charge in [0.2, 0.25) is 0 Å². The van der Waals surface area contributed by atoms with Gasteiger partial charge in [-0.1, -0.05) is 56.8 Å². The lowest BCUT2D eigenvalue weighted by Crippen LogP contribution is -2.16. The van der Waals surface area contributed by atoms with Crippen molar-refractivity contribution < 1.29 is 0 Å². The Morgan fingerprint density at radius 2 is 1.86 bits per heavy atom. The van der Waals surface area contributed by atoms with E-state index in [-0.39, 0.29) is 0 Å². The molecule has 0 rings (SSSR count). The summed E-state index contributed by atoms with van der Waals surface area (Å²) in [7, 11) is -1.03. The predicted molar refractivity (Wildman–Crippen MR) is 70.4 cm³/mol. The van der Waals surface area contributed by atoms with Gasteiger partial charge in [0.15, 0.2) is 0 Å². The van der Waals surface area contributed by atoms with Crippen LogP contribution in [0.5, 0.6) is 0 Å². The van der Waals surface area contributed by atoms with Crippen molar-refractivity contribution in [1.82, 2.24) is 0 Å². The summed E-state index contributed by atoms with van der Waals surface area (Å²) in [6.45, 7) is 13.3. The second kappa shape index (κ2) is 7.05. The van der Waals surface area contributed by atoms with Crippen molar-refractivity contribution in [3.8, 4) is 0 Å². The molecule has 0 aromatic carbocycles. The van der Waals surface area contributed by atoms with Crippen molar-refractivity contribution in [3.05, 3.63) is 23.9 Å². The molecule has 0 saturated heterocycles. The molecule has 0 atom stereocenters. The standard InChI is InChI=1S/C13H26Si/c1-6-8-9-11-13(10-7-2)12-14(3,4)5/h7,12H,2,6,8-11H2,1,3-5H3. The number of allylic oxidation sites excluding steroid dienone is 2. The van der Waals surface area contributed by atoms with Crippen molar-refractivity contribution in [2.75, 3.05) is 0 Å². The van der Waals surface area contributed by atoms with Crippen LogP contribution < -0.4 is 0 Å². The highest BCUT2D eigenvalue weighted by Crippen LogP contribution is 2.17. The predicted octanol–water partition coefficient (Wildman–Crippen LogP) is 4.95. The van der Waals surface area contributed by atoms with Crippen LogP contribution in [0, 0.1) is 0 Å². The average molecular weight is 210 g/mol. The lowest BCUT2D eigenvalue weighted by molar-refractivity contribution is 0.707. The fourth-order valence-corrected chi connectivity index (χ4v) is 3.12. The minimum atomic E-state index is -1.03. The molecular weight excluding hydrogens is 184 g/mol. The minimum Gasteiger partial charge on any atom is -0.103 e. The lowest BCUT2D eigenvalue weighted by atomic mass is 10.1. The molecule has 0 fully saturated rings. The Kier molecular flexibility index (Phi) is 6.90. The maximum atomic E-state index is 3.83. The molecule has 0 heterocycles. The van der Waals surface area contributed by atoms with Crippen LogP contribution >= 0.6 is 0 Å². The summed E-state index contributed by atoms with van der Waals surface area (Å²) in [5, 5.41) is 0. The van der Waals surface area contributed by atoms with Crippen LogP contribution in [0.4, 0.5) is 0 Å². The van der Waals surface area contributed by atoms with Gasteiger partial charge in [-0.2, -0.15) is 0 Å². The summed E-state index contributed by atoms with van der Waals surface area (Å²) in [4.78, 5) is 0. The first-order valence-corrected chi connectivity index (χ1v) is 9.39. The Balaban J connectivity index is 4.14. The van der Waals surface area contributed by atoms with E-state index >= 15 is 0 Å². The van der Waals surface area contributed by atoms with E-state index in [2.05, 4.69) is 38.8 Å². The van der Waals surface area contributed by atoms with E-state index in [1.165, 1.54) is 25.7 Å². The molecule has 0 aliphatic rings. The molecule has 0 aliphatic heterocycles. The fraction of sp³-hybridized carbons (Fsp3) is 0.692. The molecule has 0 radical (unpaired) electrons. The van der Waals surface area contributed by atoms with Crippen LogP contribution in [0.2, 0.25) is 19.6 Å². The van der Waals surface area contributed by atoms with Gasteiger partial charge >= 0.3 is 0 Å². The van der Waals surface area contributed by atoms with Gasteiger partial charge in [-0.15, -0.1) is 6.58 Å². The average Bonchev–Trinajstić information content (AvgIpc) is 2.02. The first-order valence-electron chi connectivity index (χ1n) is 5.81. The number of hydrogen-bond acceptors (Lipinski definition) is 0. The largest absolute Gasteiger partial charge is 0.103 e. The molecule has 0 bridgehead atoms. The molecular formula is C13H26Si. The smallest absolute Gasteiger partial charge is 0.0686 e. The molecule has 14 heavy (non-hydrogen) atoms. The van der Waals surface area contributed by atoms with Crippen LogP contribution in [0.3, 0.4) is 0 Å². The minimum absolute atomic E-state index is 1.03. The Morgan fingerprint density at radius 3 is 2.29 bits per heavy atom. The van der Waals surface area contributed by atoms with E-state index in [4.69, 9.17) is 0 Å². The third kappa shape index (κ3) is 8.30. The normalized spacial score (nSPS) is 13.0. The van der Waals surface area contributed by atoms with Crippen molar-refractivity contribution in [2.24, 2.45) is 0 Å². The number of rotatable bonds is 7. The van der Waals surface area contributed by atoms with Crippen LogP contribution in [0.1, 0.15) is 39.0 Å². The third-order valence-electron chi connectivity index (χ3n) is 2.15. The van der Waals surface area contributed by atoms with Crippen molar-refractivity contribution in [1.29, 1.82) is 0 Å². The second-order valence-corrected chi connectivity index (χ2v) is 10.1. The van der Waals surface area contributed by atoms with Gasteiger partial charge in [0.05, 0.1) is 8.07 Å². The van der Waals surface area contributed by atoms with Gasteiger partial charge < -0.3 is 0 Å². The SMILES string of the molecule is C=CCC(=C[Si](C)(C)C)CCCCC. The highest BCUT2D eigenvalue weighted by Gasteiger charge is 2.09. The maximum Gasteiger partial charge on any atom is 0.0686 e. The van der Waals surface area contributed by atoms with E-state index in [1.807, 2.05) is 6.08 Å². The van der Waals surface area contributed by atoms with Crippen molar-refractivity contribution >= 4 is 8.07 Å². The van der Waals surface area contributed by atoms with Gasteiger partial charge in [-0.3, -0.25) is 0 Å². The summed E-state index contributed by atoms with van der Waals surface area (Å²) in [5.74, 6) is 0. The van der Waals surface area contributed by atoms with E-state index in [0.29, 0.717) is 0 Å². The highest BCUT2D eigenvalue weighted by molar-refractivity contribution is 6.81. The Morgan fingerprint density at radius 1 is 1.21 bits per heavy atom. The molecule has 0 nitrogen and oxygen atoms in total. The van der Waals surface area contributed by atoms with E-state index < -0.39 is 8.07 Å². The summed E-state index contributed by atoms with van der Waals surface area (Å²) in [6.07, 6.45) is 8.44. The topological polar surface area (TPSA) is 0 Å². The summed E-state index contributed by atoms with van der Waals surface area (Å²) < 4.78 is 0. The van der Waals surface area contributed by atoms with E-state index in [9.17, 15) is 0 Å². The first-order chi connectivity index (χ1) is 6.49. The van der Waals surface area contributed by atoms with Crippen LogP contribution in [-0.2, 0) is 0 Å². The lowest BCUT2D eigenvalue weighted by Gasteiger charge is -2.13. The molecule has 82 valence electrons. The molecule has 0 N–H and O–H groups in total. The van der Waals surface area contributed by atoms with Gasteiger partial charge in [-0.25, -0.2) is 0 Å². The fourth-order valence-electron chi connectivity index (χ4n) is 1.63. The summed E-state index contributed by atoms with van der Waals surface area (Å²) >= 11 is 0. The molecule has 0 aliphatic carbocycles. The Labute approximate surface area is 91.1 Å². The zero-order chi connectivity index (χ0) is 11.0. The molecule has 0 spiro atoms. The Hall–Kier alpha value is -0.303. The first kappa shape index (κ1) is 13.7. The number of unbranched alkanes of at least 4 members (excludes halogenated alkanes) is 2.